The standard InChI is InChI=1S/C25H25ClN6O3S/c1-25(7-12-35-13-8-25)24(34)32-22(29-15-17-5-6-20(26)36-17)14-19(30-32)18-4-2-11-31(23(18)33)16-21-27-9-3-10-28-21/h2-6,9-11,14,29H,7-8,12-13,15-16H2,1H3. The van der Waals surface area contributed by atoms with Crippen molar-refractivity contribution in [3.05, 3.63) is 80.4 Å². The maximum absolute atomic E-state index is 13.7. The van der Waals surface area contributed by atoms with Crippen molar-refractivity contribution in [1.82, 2.24) is 24.3 Å². The smallest absolute Gasteiger partial charge is 0.260 e. The molecule has 9 nitrogen and oxygen atoms in total. The van der Waals surface area contributed by atoms with Crippen molar-refractivity contribution in [3.63, 3.8) is 0 Å². The number of anilines is 1. The van der Waals surface area contributed by atoms with Gasteiger partial charge < -0.3 is 14.6 Å². The lowest BCUT2D eigenvalue weighted by molar-refractivity contribution is 0.0169. The normalized spacial score (nSPS) is 15.1. The fraction of sp³-hybridized carbons (Fsp3) is 0.320. The fourth-order valence-electron chi connectivity index (χ4n) is 4.13. The van der Waals surface area contributed by atoms with Gasteiger partial charge in [-0.2, -0.15) is 9.78 Å². The van der Waals surface area contributed by atoms with Crippen LogP contribution in [0, 0.1) is 5.41 Å². The van der Waals surface area contributed by atoms with E-state index >= 15 is 0 Å². The number of pyridine rings is 1. The van der Waals surface area contributed by atoms with Crippen molar-refractivity contribution in [2.45, 2.75) is 32.9 Å². The molecule has 186 valence electrons. The molecule has 4 aromatic heterocycles. The van der Waals surface area contributed by atoms with Crippen LogP contribution in [0.5, 0.6) is 0 Å². The maximum Gasteiger partial charge on any atom is 0.260 e. The molecule has 1 aliphatic rings. The van der Waals surface area contributed by atoms with Gasteiger partial charge in [-0.05, 0) is 43.2 Å². The highest BCUT2D eigenvalue weighted by atomic mass is 35.5. The van der Waals surface area contributed by atoms with Gasteiger partial charge in [-0.15, -0.1) is 11.3 Å². The Bertz CT molecular complexity index is 1430. The summed E-state index contributed by atoms with van der Waals surface area (Å²) in [7, 11) is 0. The van der Waals surface area contributed by atoms with Crippen LogP contribution in [-0.2, 0) is 17.8 Å². The summed E-state index contributed by atoms with van der Waals surface area (Å²) in [6, 6.07) is 10.7. The van der Waals surface area contributed by atoms with Crippen LogP contribution in [0.2, 0.25) is 4.34 Å². The van der Waals surface area contributed by atoms with Crippen molar-refractivity contribution in [2.24, 2.45) is 5.41 Å². The highest BCUT2D eigenvalue weighted by Gasteiger charge is 2.38. The minimum Gasteiger partial charge on any atom is -0.381 e. The van der Waals surface area contributed by atoms with Crippen molar-refractivity contribution in [2.75, 3.05) is 18.5 Å². The van der Waals surface area contributed by atoms with E-state index < -0.39 is 5.41 Å². The van der Waals surface area contributed by atoms with E-state index in [9.17, 15) is 9.59 Å². The van der Waals surface area contributed by atoms with Gasteiger partial charge in [0.25, 0.3) is 11.5 Å². The number of nitrogens with zero attached hydrogens (tertiary/aromatic N) is 5. The van der Waals surface area contributed by atoms with Crippen LogP contribution in [0.25, 0.3) is 11.3 Å². The van der Waals surface area contributed by atoms with Crippen molar-refractivity contribution >= 4 is 34.7 Å². The van der Waals surface area contributed by atoms with E-state index in [1.165, 1.54) is 20.6 Å². The largest absolute Gasteiger partial charge is 0.381 e. The Morgan fingerprint density at radius 3 is 2.69 bits per heavy atom. The van der Waals surface area contributed by atoms with Gasteiger partial charge in [-0.25, -0.2) is 9.97 Å². The molecule has 5 rings (SSSR count). The third-order valence-electron chi connectivity index (χ3n) is 6.31. The van der Waals surface area contributed by atoms with E-state index in [0.29, 0.717) is 59.8 Å². The lowest BCUT2D eigenvalue weighted by Gasteiger charge is -2.31. The van der Waals surface area contributed by atoms with Gasteiger partial charge in [0, 0.05) is 42.7 Å². The topological polar surface area (TPSA) is 104 Å². The van der Waals surface area contributed by atoms with Crippen molar-refractivity contribution < 1.29 is 9.53 Å². The Hall–Kier alpha value is -3.34. The molecule has 36 heavy (non-hydrogen) atoms. The molecule has 0 radical (unpaired) electrons. The van der Waals surface area contributed by atoms with Crippen LogP contribution in [0.4, 0.5) is 5.82 Å². The van der Waals surface area contributed by atoms with Gasteiger partial charge in [-0.3, -0.25) is 9.59 Å². The van der Waals surface area contributed by atoms with Gasteiger partial charge in [-0.1, -0.05) is 18.5 Å². The monoisotopic (exact) mass is 524 g/mol. The Morgan fingerprint density at radius 1 is 1.19 bits per heavy atom. The van der Waals surface area contributed by atoms with E-state index in [1.807, 2.05) is 19.1 Å². The fourth-order valence-corrected chi connectivity index (χ4v) is 5.16. The lowest BCUT2D eigenvalue weighted by atomic mass is 9.81. The minimum absolute atomic E-state index is 0.127. The van der Waals surface area contributed by atoms with Crippen molar-refractivity contribution in [3.8, 4) is 11.3 Å². The molecule has 0 unspecified atom stereocenters. The average Bonchev–Trinajstić information content (AvgIpc) is 3.50. The van der Waals surface area contributed by atoms with Crippen LogP contribution in [-0.4, -0.2) is 43.4 Å². The Kier molecular flexibility index (Phi) is 6.99. The summed E-state index contributed by atoms with van der Waals surface area (Å²) in [6.07, 6.45) is 6.18. The van der Waals surface area contributed by atoms with Crippen LogP contribution in [0.15, 0.2) is 59.8 Å². The van der Waals surface area contributed by atoms with E-state index in [4.69, 9.17) is 16.3 Å². The van der Waals surface area contributed by atoms with E-state index in [2.05, 4.69) is 20.4 Å². The molecule has 0 aromatic carbocycles. The first-order chi connectivity index (χ1) is 17.4. The van der Waals surface area contributed by atoms with Crippen LogP contribution >= 0.6 is 22.9 Å². The number of carbonyl (C=O) groups excluding carboxylic acids is 1. The molecule has 0 atom stereocenters. The van der Waals surface area contributed by atoms with E-state index in [0.717, 1.165) is 4.88 Å². The second kappa shape index (κ2) is 10.3. The summed E-state index contributed by atoms with van der Waals surface area (Å²) in [4.78, 5) is 36.5. The Labute approximate surface area is 216 Å². The maximum atomic E-state index is 13.7. The number of hydrogen-bond acceptors (Lipinski definition) is 8. The molecule has 0 saturated carbocycles. The second-order valence-electron chi connectivity index (χ2n) is 8.88. The SMILES string of the molecule is CC1(C(=O)n2nc(-c3cccn(Cc4ncccn4)c3=O)cc2NCc2ccc(Cl)s2)CCOCC1. The van der Waals surface area contributed by atoms with Gasteiger partial charge in [0.05, 0.1) is 28.4 Å². The highest BCUT2D eigenvalue weighted by molar-refractivity contribution is 7.16. The Balaban J connectivity index is 1.50. The summed E-state index contributed by atoms with van der Waals surface area (Å²) in [6.45, 7) is 3.70. The molecule has 11 heteroatoms. The number of thiophene rings is 1. The molecule has 1 aliphatic heterocycles. The molecule has 1 N–H and O–H groups in total. The van der Waals surface area contributed by atoms with Crippen LogP contribution in [0.1, 0.15) is 35.3 Å². The number of hydrogen-bond donors (Lipinski definition) is 1. The molecule has 0 spiro atoms. The molecule has 4 aromatic rings. The summed E-state index contributed by atoms with van der Waals surface area (Å²) in [5, 5.41) is 7.94. The quantitative estimate of drug-likeness (QED) is 0.383. The number of halogens is 1. The predicted molar refractivity (Wildman–Crippen MR) is 138 cm³/mol. The molecule has 0 amide bonds. The zero-order valence-corrected chi connectivity index (χ0v) is 21.3. The van der Waals surface area contributed by atoms with E-state index in [1.54, 1.807) is 42.9 Å². The summed E-state index contributed by atoms with van der Waals surface area (Å²) >= 11 is 7.54. The van der Waals surface area contributed by atoms with Gasteiger partial charge in [0.15, 0.2) is 0 Å². The number of nitrogens with one attached hydrogen (secondary N) is 1. The zero-order valence-electron chi connectivity index (χ0n) is 19.7. The van der Waals surface area contributed by atoms with Gasteiger partial charge >= 0.3 is 0 Å². The first kappa shape index (κ1) is 24.4. The van der Waals surface area contributed by atoms with Crippen LogP contribution in [0.3, 0.4) is 0 Å². The summed E-state index contributed by atoms with van der Waals surface area (Å²) < 4.78 is 9.10. The summed E-state index contributed by atoms with van der Waals surface area (Å²) in [5.41, 5.74) is -0.0412. The first-order valence-corrected chi connectivity index (χ1v) is 12.8. The number of rotatable bonds is 7. The number of carbonyl (C=O) groups is 1. The zero-order chi connectivity index (χ0) is 25.1. The minimum atomic E-state index is -0.605. The van der Waals surface area contributed by atoms with E-state index in [-0.39, 0.29) is 18.0 Å². The molecule has 1 saturated heterocycles. The molecule has 5 heterocycles. The molecule has 0 bridgehead atoms. The lowest BCUT2D eigenvalue weighted by Crippen LogP contribution is -2.38. The third kappa shape index (κ3) is 5.11. The number of ether oxygens (including phenoxy) is 1. The average molecular weight is 525 g/mol. The number of aromatic nitrogens is 5. The second-order valence-corrected chi connectivity index (χ2v) is 10.7. The highest BCUT2D eigenvalue weighted by Crippen LogP contribution is 2.33. The predicted octanol–water partition coefficient (Wildman–Crippen LogP) is 4.33. The summed E-state index contributed by atoms with van der Waals surface area (Å²) in [5.74, 6) is 0.924. The molecular weight excluding hydrogens is 500 g/mol. The van der Waals surface area contributed by atoms with Crippen molar-refractivity contribution in [1.29, 1.82) is 0 Å². The Morgan fingerprint density at radius 2 is 1.97 bits per heavy atom. The molecule has 0 aliphatic carbocycles. The first-order valence-electron chi connectivity index (χ1n) is 11.6. The third-order valence-corrected chi connectivity index (χ3v) is 7.55. The van der Waals surface area contributed by atoms with Gasteiger partial charge in [0.2, 0.25) is 0 Å². The van der Waals surface area contributed by atoms with Crippen LogP contribution < -0.4 is 10.9 Å². The van der Waals surface area contributed by atoms with Gasteiger partial charge in [0.1, 0.15) is 17.3 Å². The molecular formula is C25H25ClN6O3S. The molecule has 1 fully saturated rings.